The number of ether oxygens (including phenoxy) is 1. The van der Waals surface area contributed by atoms with Gasteiger partial charge in [0.2, 0.25) is 5.91 Å². The summed E-state index contributed by atoms with van der Waals surface area (Å²) in [6, 6.07) is 7.66. The summed E-state index contributed by atoms with van der Waals surface area (Å²) in [5.74, 6) is 2.80. The van der Waals surface area contributed by atoms with Crippen LogP contribution in [-0.2, 0) is 11.2 Å². The van der Waals surface area contributed by atoms with E-state index < -0.39 is 0 Å². The largest absolute Gasteiger partial charge is 0.485 e. The summed E-state index contributed by atoms with van der Waals surface area (Å²) < 4.78 is 11.5. The van der Waals surface area contributed by atoms with Crippen LogP contribution in [0.2, 0.25) is 0 Å². The summed E-state index contributed by atoms with van der Waals surface area (Å²) in [6.45, 7) is 3.47. The summed E-state index contributed by atoms with van der Waals surface area (Å²) >= 11 is 0. The molecule has 0 bridgehead atoms. The van der Waals surface area contributed by atoms with Crippen LogP contribution in [-0.4, -0.2) is 48.1 Å². The van der Waals surface area contributed by atoms with E-state index >= 15 is 0 Å². The smallest absolute Gasteiger partial charge is 0.223 e. The van der Waals surface area contributed by atoms with Gasteiger partial charge >= 0.3 is 0 Å². The summed E-state index contributed by atoms with van der Waals surface area (Å²) in [5, 5.41) is 0. The second kappa shape index (κ2) is 7.81. The Bertz CT molecular complexity index is 726. The van der Waals surface area contributed by atoms with Crippen LogP contribution in [0.1, 0.15) is 31.4 Å². The Hall–Kier alpha value is -2.50. The van der Waals surface area contributed by atoms with Crippen LogP contribution in [0, 0.1) is 0 Å². The Kier molecular flexibility index (Phi) is 5.09. The second-order valence-corrected chi connectivity index (χ2v) is 6.97. The van der Waals surface area contributed by atoms with Gasteiger partial charge in [-0.1, -0.05) is 0 Å². The van der Waals surface area contributed by atoms with Crippen molar-refractivity contribution in [2.24, 2.45) is 0 Å². The Labute approximate surface area is 153 Å². The van der Waals surface area contributed by atoms with E-state index in [1.54, 1.807) is 6.26 Å². The molecule has 6 heteroatoms. The molecule has 0 N–H and O–H groups in total. The molecule has 2 fully saturated rings. The molecule has 0 aliphatic carbocycles. The van der Waals surface area contributed by atoms with E-state index in [1.807, 2.05) is 35.4 Å². The van der Waals surface area contributed by atoms with E-state index in [1.165, 1.54) is 12.8 Å². The summed E-state index contributed by atoms with van der Waals surface area (Å²) in [6.07, 6.45) is 7.90. The molecule has 0 aromatic carbocycles. The molecule has 2 saturated heterocycles. The molecule has 0 spiro atoms. The molecule has 4 rings (SSSR count). The first-order chi connectivity index (χ1) is 12.8. The average molecular weight is 355 g/mol. The lowest BCUT2D eigenvalue weighted by atomic mass is 10.2. The molecule has 138 valence electrons. The molecule has 2 aliphatic heterocycles. The van der Waals surface area contributed by atoms with Gasteiger partial charge < -0.3 is 19.0 Å². The molecule has 0 saturated carbocycles. The number of nitrogens with zero attached hydrogens (tertiary/aromatic N) is 3. The lowest BCUT2D eigenvalue weighted by Gasteiger charge is -2.22. The molecular formula is C20H25N3O3. The van der Waals surface area contributed by atoms with Crippen LogP contribution in [0.25, 0.3) is 0 Å². The Morgan fingerprint density at radius 2 is 2.12 bits per heavy atom. The molecule has 2 aromatic rings. The van der Waals surface area contributed by atoms with Gasteiger partial charge in [0.05, 0.1) is 12.8 Å². The number of pyridine rings is 1. The maximum Gasteiger partial charge on any atom is 0.223 e. The van der Waals surface area contributed by atoms with Crippen molar-refractivity contribution in [3.05, 3.63) is 42.5 Å². The number of aromatic nitrogens is 1. The minimum Gasteiger partial charge on any atom is -0.485 e. The van der Waals surface area contributed by atoms with Gasteiger partial charge in [0.25, 0.3) is 0 Å². The number of likely N-dealkylation sites (tertiary alicyclic amines) is 1. The van der Waals surface area contributed by atoms with Crippen molar-refractivity contribution in [1.29, 1.82) is 0 Å². The quantitative estimate of drug-likeness (QED) is 0.797. The first-order valence-corrected chi connectivity index (χ1v) is 9.46. The molecule has 0 unspecified atom stereocenters. The Morgan fingerprint density at radius 3 is 2.92 bits per heavy atom. The number of carbonyl (C=O) groups is 1. The number of anilines is 1. The topological polar surface area (TPSA) is 58.8 Å². The standard InChI is InChI=1S/C20H25N3O3/c24-19(8-7-16-5-4-14-25-16)23-13-9-17(15-23)26-18-6-3-10-21-20(18)22-11-1-2-12-22/h3-6,10,14,17H,1-2,7-9,11-13,15H2/t17-/m0/s1. The lowest BCUT2D eigenvalue weighted by molar-refractivity contribution is -0.130. The first kappa shape index (κ1) is 16.9. The van der Waals surface area contributed by atoms with Crippen molar-refractivity contribution in [2.75, 3.05) is 31.1 Å². The van der Waals surface area contributed by atoms with Gasteiger partial charge in [-0.05, 0) is 37.1 Å². The van der Waals surface area contributed by atoms with E-state index in [0.29, 0.717) is 19.4 Å². The fraction of sp³-hybridized carbons (Fsp3) is 0.500. The van der Waals surface area contributed by atoms with Crippen LogP contribution in [0.3, 0.4) is 0 Å². The van der Waals surface area contributed by atoms with Crippen LogP contribution in [0.5, 0.6) is 5.75 Å². The van der Waals surface area contributed by atoms with Crippen molar-refractivity contribution >= 4 is 11.7 Å². The second-order valence-electron chi connectivity index (χ2n) is 6.97. The fourth-order valence-corrected chi connectivity index (χ4v) is 3.71. The lowest BCUT2D eigenvalue weighted by Crippen LogP contribution is -2.31. The zero-order valence-corrected chi connectivity index (χ0v) is 15.0. The molecule has 1 amide bonds. The normalized spacial score (nSPS) is 19.9. The number of aryl methyl sites for hydroxylation is 1. The minimum atomic E-state index is 0.0353. The number of hydrogen-bond acceptors (Lipinski definition) is 5. The van der Waals surface area contributed by atoms with Crippen molar-refractivity contribution in [3.63, 3.8) is 0 Å². The molecule has 0 radical (unpaired) electrons. The van der Waals surface area contributed by atoms with Gasteiger partial charge in [-0.15, -0.1) is 0 Å². The minimum absolute atomic E-state index is 0.0353. The Balaban J connectivity index is 1.32. The van der Waals surface area contributed by atoms with E-state index in [0.717, 1.165) is 43.4 Å². The monoisotopic (exact) mass is 355 g/mol. The highest BCUT2D eigenvalue weighted by molar-refractivity contribution is 5.76. The van der Waals surface area contributed by atoms with Crippen molar-refractivity contribution in [3.8, 4) is 5.75 Å². The van der Waals surface area contributed by atoms with Crippen molar-refractivity contribution < 1.29 is 13.9 Å². The molecule has 4 heterocycles. The van der Waals surface area contributed by atoms with E-state index in [2.05, 4.69) is 9.88 Å². The van der Waals surface area contributed by atoms with Gasteiger partial charge in [0.1, 0.15) is 11.9 Å². The van der Waals surface area contributed by atoms with Crippen LogP contribution in [0.15, 0.2) is 41.1 Å². The highest BCUT2D eigenvalue weighted by Crippen LogP contribution is 2.30. The number of hydrogen-bond donors (Lipinski definition) is 0. The summed E-state index contributed by atoms with van der Waals surface area (Å²) in [4.78, 5) is 21.1. The third-order valence-electron chi connectivity index (χ3n) is 5.11. The summed E-state index contributed by atoms with van der Waals surface area (Å²) in [7, 11) is 0. The van der Waals surface area contributed by atoms with E-state index in [9.17, 15) is 4.79 Å². The predicted molar refractivity (Wildman–Crippen MR) is 98.3 cm³/mol. The Morgan fingerprint density at radius 1 is 1.23 bits per heavy atom. The van der Waals surface area contributed by atoms with Crippen LogP contribution >= 0.6 is 0 Å². The number of rotatable bonds is 6. The maximum absolute atomic E-state index is 12.4. The van der Waals surface area contributed by atoms with E-state index in [4.69, 9.17) is 9.15 Å². The molecule has 26 heavy (non-hydrogen) atoms. The maximum atomic E-state index is 12.4. The highest BCUT2D eigenvalue weighted by Gasteiger charge is 2.29. The molecule has 1 atom stereocenters. The SMILES string of the molecule is O=C(CCc1ccco1)N1CC[C@H](Oc2cccnc2N2CCCC2)C1. The molecule has 2 aliphatic rings. The molecular weight excluding hydrogens is 330 g/mol. The van der Waals surface area contributed by atoms with Crippen molar-refractivity contribution in [2.45, 2.75) is 38.2 Å². The van der Waals surface area contributed by atoms with Crippen LogP contribution in [0.4, 0.5) is 5.82 Å². The number of carbonyl (C=O) groups excluding carboxylic acids is 1. The van der Waals surface area contributed by atoms with Gasteiger partial charge in [0.15, 0.2) is 11.6 Å². The van der Waals surface area contributed by atoms with Gasteiger partial charge in [-0.3, -0.25) is 4.79 Å². The third kappa shape index (κ3) is 3.84. The fourth-order valence-electron chi connectivity index (χ4n) is 3.71. The zero-order valence-electron chi connectivity index (χ0n) is 15.0. The van der Waals surface area contributed by atoms with Gasteiger partial charge in [0, 0.05) is 45.1 Å². The molecule has 2 aromatic heterocycles. The number of amides is 1. The predicted octanol–water partition coefficient (Wildman–Crippen LogP) is 2.89. The highest BCUT2D eigenvalue weighted by atomic mass is 16.5. The van der Waals surface area contributed by atoms with E-state index in [-0.39, 0.29) is 12.0 Å². The zero-order chi connectivity index (χ0) is 17.8. The van der Waals surface area contributed by atoms with Crippen LogP contribution < -0.4 is 9.64 Å². The average Bonchev–Trinajstić information content (AvgIpc) is 3.42. The molecule has 6 nitrogen and oxygen atoms in total. The van der Waals surface area contributed by atoms with Crippen molar-refractivity contribution in [1.82, 2.24) is 9.88 Å². The third-order valence-corrected chi connectivity index (χ3v) is 5.11. The summed E-state index contributed by atoms with van der Waals surface area (Å²) in [5.41, 5.74) is 0. The van der Waals surface area contributed by atoms with Gasteiger partial charge in [-0.25, -0.2) is 4.98 Å². The first-order valence-electron chi connectivity index (χ1n) is 9.46. The van der Waals surface area contributed by atoms with Gasteiger partial charge in [-0.2, -0.15) is 0 Å². The number of furan rings is 1.